The predicted molar refractivity (Wildman–Crippen MR) is 70.6 cm³/mol. The van der Waals surface area contributed by atoms with Crippen LogP contribution in [0.15, 0.2) is 18.3 Å². The summed E-state index contributed by atoms with van der Waals surface area (Å²) in [6.45, 7) is 3.04. The number of alkyl halides is 3. The van der Waals surface area contributed by atoms with E-state index in [4.69, 9.17) is 0 Å². The molecule has 2 aliphatic rings. The molecule has 2 saturated heterocycles. The summed E-state index contributed by atoms with van der Waals surface area (Å²) >= 11 is 0. The largest absolute Gasteiger partial charge is 0.417 e. The molecular weight excluding hydrogens is 283 g/mol. The SMILES string of the molecule is O[C@@]1(c2ccc(C(F)(F)F)cn2)CC[C@H]2CNCCN2C1. The molecule has 0 aromatic carbocycles. The molecule has 21 heavy (non-hydrogen) atoms. The van der Waals surface area contributed by atoms with Crippen LogP contribution >= 0.6 is 0 Å². The normalized spacial score (nSPS) is 31.0. The van der Waals surface area contributed by atoms with Crippen molar-refractivity contribution in [3.8, 4) is 0 Å². The van der Waals surface area contributed by atoms with Crippen LogP contribution in [0.3, 0.4) is 0 Å². The maximum Gasteiger partial charge on any atom is 0.417 e. The van der Waals surface area contributed by atoms with Crippen LogP contribution in [0.5, 0.6) is 0 Å². The van der Waals surface area contributed by atoms with Crippen molar-refractivity contribution in [3.05, 3.63) is 29.6 Å². The fourth-order valence-corrected chi connectivity index (χ4v) is 3.16. The summed E-state index contributed by atoms with van der Waals surface area (Å²) in [5.41, 5.74) is -1.61. The van der Waals surface area contributed by atoms with E-state index < -0.39 is 17.3 Å². The molecule has 0 amide bonds. The van der Waals surface area contributed by atoms with E-state index in [1.807, 2.05) is 0 Å². The Labute approximate surface area is 121 Å². The van der Waals surface area contributed by atoms with Crippen molar-refractivity contribution in [1.29, 1.82) is 0 Å². The van der Waals surface area contributed by atoms with Gasteiger partial charge in [0.05, 0.1) is 11.3 Å². The molecule has 4 nitrogen and oxygen atoms in total. The third kappa shape index (κ3) is 2.90. The summed E-state index contributed by atoms with van der Waals surface area (Å²) in [5, 5.41) is 14.1. The number of rotatable bonds is 1. The molecule has 0 bridgehead atoms. The standard InChI is InChI=1S/C14H18F3N3O/c15-14(16,17)10-1-2-12(19-7-10)13(21)4-3-11-8-18-5-6-20(11)9-13/h1-2,7,11,18,21H,3-6,8-9H2/t11-,13-/m0/s1. The number of pyridine rings is 1. The second kappa shape index (κ2) is 5.23. The summed E-state index contributed by atoms with van der Waals surface area (Å²) in [7, 11) is 0. The van der Waals surface area contributed by atoms with Gasteiger partial charge in [0.2, 0.25) is 0 Å². The number of halogens is 3. The van der Waals surface area contributed by atoms with Gasteiger partial charge in [-0.05, 0) is 25.0 Å². The number of aromatic nitrogens is 1. The average molecular weight is 301 g/mol. The average Bonchev–Trinajstić information content (AvgIpc) is 2.46. The Morgan fingerprint density at radius 1 is 1.38 bits per heavy atom. The van der Waals surface area contributed by atoms with Crippen molar-refractivity contribution in [2.24, 2.45) is 0 Å². The van der Waals surface area contributed by atoms with Gasteiger partial charge in [-0.2, -0.15) is 13.2 Å². The molecule has 0 unspecified atom stereocenters. The molecule has 2 aliphatic heterocycles. The highest BCUT2D eigenvalue weighted by Crippen LogP contribution is 2.35. The summed E-state index contributed by atoms with van der Waals surface area (Å²) < 4.78 is 37.7. The van der Waals surface area contributed by atoms with Gasteiger partial charge >= 0.3 is 6.18 Å². The van der Waals surface area contributed by atoms with Crippen molar-refractivity contribution >= 4 is 0 Å². The molecule has 0 radical (unpaired) electrons. The molecule has 116 valence electrons. The Morgan fingerprint density at radius 3 is 2.86 bits per heavy atom. The van der Waals surface area contributed by atoms with E-state index in [2.05, 4.69) is 15.2 Å². The first kappa shape index (κ1) is 14.7. The van der Waals surface area contributed by atoms with E-state index in [-0.39, 0.29) is 0 Å². The Hall–Kier alpha value is -1.18. The van der Waals surface area contributed by atoms with Gasteiger partial charge in [0.1, 0.15) is 5.60 Å². The third-order valence-corrected chi connectivity index (χ3v) is 4.40. The summed E-state index contributed by atoms with van der Waals surface area (Å²) in [4.78, 5) is 6.06. The highest BCUT2D eigenvalue weighted by molar-refractivity contribution is 5.22. The van der Waals surface area contributed by atoms with Gasteiger partial charge in [-0.25, -0.2) is 0 Å². The van der Waals surface area contributed by atoms with Crippen molar-refractivity contribution < 1.29 is 18.3 Å². The lowest BCUT2D eigenvalue weighted by molar-refractivity contribution is -0.138. The lowest BCUT2D eigenvalue weighted by Gasteiger charge is -2.46. The lowest BCUT2D eigenvalue weighted by Crippen LogP contribution is -2.59. The minimum atomic E-state index is -4.40. The van der Waals surface area contributed by atoms with E-state index in [1.54, 1.807) is 0 Å². The number of piperazine rings is 1. The zero-order valence-corrected chi connectivity index (χ0v) is 11.5. The van der Waals surface area contributed by atoms with Gasteiger partial charge < -0.3 is 10.4 Å². The van der Waals surface area contributed by atoms with Crippen LogP contribution in [-0.2, 0) is 11.8 Å². The number of fused-ring (bicyclic) bond motifs is 1. The molecule has 2 N–H and O–H groups in total. The van der Waals surface area contributed by atoms with Gasteiger partial charge in [0, 0.05) is 38.4 Å². The fraction of sp³-hybridized carbons (Fsp3) is 0.643. The predicted octanol–water partition coefficient (Wildman–Crippen LogP) is 1.36. The van der Waals surface area contributed by atoms with E-state index in [9.17, 15) is 18.3 Å². The van der Waals surface area contributed by atoms with Gasteiger partial charge in [-0.1, -0.05) is 0 Å². The van der Waals surface area contributed by atoms with Crippen molar-refractivity contribution in [2.75, 3.05) is 26.2 Å². The van der Waals surface area contributed by atoms with Crippen LogP contribution < -0.4 is 5.32 Å². The minimum absolute atomic E-state index is 0.326. The van der Waals surface area contributed by atoms with Gasteiger partial charge in [-0.3, -0.25) is 9.88 Å². The first-order chi connectivity index (χ1) is 9.88. The molecule has 0 saturated carbocycles. The highest BCUT2D eigenvalue weighted by Gasteiger charge is 2.41. The number of nitrogens with one attached hydrogen (secondary N) is 1. The van der Waals surface area contributed by atoms with Crippen LogP contribution in [-0.4, -0.2) is 47.2 Å². The maximum atomic E-state index is 12.6. The number of nitrogens with zero attached hydrogens (tertiary/aromatic N) is 2. The molecule has 3 heterocycles. The number of hydrogen-bond donors (Lipinski definition) is 2. The topological polar surface area (TPSA) is 48.4 Å². The number of hydrogen-bond acceptors (Lipinski definition) is 4. The first-order valence-corrected chi connectivity index (χ1v) is 7.09. The van der Waals surface area contributed by atoms with E-state index >= 15 is 0 Å². The minimum Gasteiger partial charge on any atom is -0.382 e. The van der Waals surface area contributed by atoms with E-state index in [1.165, 1.54) is 6.07 Å². The molecule has 3 rings (SSSR count). The smallest absolute Gasteiger partial charge is 0.382 e. The van der Waals surface area contributed by atoms with Gasteiger partial charge in [-0.15, -0.1) is 0 Å². The van der Waals surface area contributed by atoms with E-state index in [0.29, 0.717) is 24.7 Å². The van der Waals surface area contributed by atoms with Crippen LogP contribution in [0.1, 0.15) is 24.1 Å². The second-order valence-corrected chi connectivity index (χ2v) is 5.83. The molecule has 0 aliphatic carbocycles. The lowest BCUT2D eigenvalue weighted by atomic mass is 9.85. The quantitative estimate of drug-likeness (QED) is 0.822. The highest BCUT2D eigenvalue weighted by atomic mass is 19.4. The Bertz CT molecular complexity index is 505. The zero-order valence-electron chi connectivity index (χ0n) is 11.5. The molecule has 1 aromatic heterocycles. The molecular formula is C14H18F3N3O. The number of aliphatic hydroxyl groups is 1. The zero-order chi connectivity index (χ0) is 15.1. The van der Waals surface area contributed by atoms with Crippen LogP contribution in [0.4, 0.5) is 13.2 Å². The van der Waals surface area contributed by atoms with Gasteiger partial charge in [0.25, 0.3) is 0 Å². The molecule has 2 fully saturated rings. The maximum absolute atomic E-state index is 12.6. The van der Waals surface area contributed by atoms with Crippen LogP contribution in [0.25, 0.3) is 0 Å². The van der Waals surface area contributed by atoms with Crippen molar-refractivity contribution in [3.63, 3.8) is 0 Å². The van der Waals surface area contributed by atoms with Gasteiger partial charge in [0.15, 0.2) is 0 Å². The van der Waals surface area contributed by atoms with E-state index in [0.717, 1.165) is 38.3 Å². The molecule has 2 atom stereocenters. The summed E-state index contributed by atoms with van der Waals surface area (Å²) in [5.74, 6) is 0. The first-order valence-electron chi connectivity index (χ1n) is 7.09. The molecule has 7 heteroatoms. The third-order valence-electron chi connectivity index (χ3n) is 4.40. The van der Waals surface area contributed by atoms with Crippen molar-refractivity contribution in [1.82, 2.24) is 15.2 Å². The summed E-state index contributed by atoms with van der Waals surface area (Å²) in [6, 6.07) is 2.68. The Balaban J connectivity index is 1.79. The second-order valence-electron chi connectivity index (χ2n) is 5.83. The Morgan fingerprint density at radius 2 is 2.19 bits per heavy atom. The van der Waals surface area contributed by atoms with Crippen molar-refractivity contribution in [2.45, 2.75) is 30.7 Å². The van der Waals surface area contributed by atoms with Crippen LogP contribution in [0, 0.1) is 0 Å². The molecule has 1 aromatic rings. The molecule has 0 spiro atoms. The monoisotopic (exact) mass is 301 g/mol. The number of piperidine rings is 1. The summed E-state index contributed by atoms with van der Waals surface area (Å²) in [6.07, 6.45) is -2.26. The Kier molecular flexibility index (Phi) is 3.67. The fourth-order valence-electron chi connectivity index (χ4n) is 3.16. The van der Waals surface area contributed by atoms with Crippen LogP contribution in [0.2, 0.25) is 0 Å².